The van der Waals surface area contributed by atoms with Crippen LogP contribution in [0.15, 0.2) is 48.5 Å². The molecular weight excluding hydrogens is 358 g/mol. The molecule has 8 heteroatoms. The number of ether oxygens (including phenoxy) is 1. The van der Waals surface area contributed by atoms with Crippen molar-refractivity contribution in [1.29, 1.82) is 0 Å². The summed E-state index contributed by atoms with van der Waals surface area (Å²) in [6, 6.07) is 13.4. The van der Waals surface area contributed by atoms with E-state index in [9.17, 15) is 14.9 Å². The van der Waals surface area contributed by atoms with E-state index >= 15 is 0 Å². The second-order valence-corrected chi connectivity index (χ2v) is 6.38. The summed E-state index contributed by atoms with van der Waals surface area (Å²) >= 11 is 5.90. The van der Waals surface area contributed by atoms with Gasteiger partial charge in [0, 0.05) is 30.2 Å². The van der Waals surface area contributed by atoms with Crippen molar-refractivity contribution in [2.24, 2.45) is 0 Å². The lowest BCUT2D eigenvalue weighted by Crippen LogP contribution is -2.46. The van der Waals surface area contributed by atoms with Crippen molar-refractivity contribution in [3.8, 4) is 0 Å². The van der Waals surface area contributed by atoms with E-state index in [1.54, 1.807) is 29.2 Å². The van der Waals surface area contributed by atoms with Crippen LogP contribution in [0.5, 0.6) is 0 Å². The highest BCUT2D eigenvalue weighted by Crippen LogP contribution is 2.23. The molecule has 1 saturated heterocycles. The highest BCUT2D eigenvalue weighted by molar-refractivity contribution is 6.30. The first-order valence-electron chi connectivity index (χ1n) is 8.16. The van der Waals surface area contributed by atoms with E-state index in [-0.39, 0.29) is 24.4 Å². The van der Waals surface area contributed by atoms with Gasteiger partial charge in [0.25, 0.3) is 5.69 Å². The van der Waals surface area contributed by atoms with Gasteiger partial charge >= 0.3 is 6.03 Å². The predicted molar refractivity (Wildman–Crippen MR) is 97.1 cm³/mol. The van der Waals surface area contributed by atoms with Gasteiger partial charge in [-0.2, -0.15) is 0 Å². The number of non-ortho nitro benzene ring substituents is 1. The van der Waals surface area contributed by atoms with Crippen molar-refractivity contribution >= 4 is 23.3 Å². The number of hydrogen-bond acceptors (Lipinski definition) is 4. The van der Waals surface area contributed by atoms with Gasteiger partial charge in [-0.15, -0.1) is 0 Å². The fourth-order valence-corrected chi connectivity index (χ4v) is 2.91. The summed E-state index contributed by atoms with van der Waals surface area (Å²) in [5.41, 5.74) is 1.64. The van der Waals surface area contributed by atoms with Crippen LogP contribution in [-0.2, 0) is 11.3 Å². The van der Waals surface area contributed by atoms with E-state index in [4.69, 9.17) is 16.3 Å². The minimum Gasteiger partial charge on any atom is -0.370 e. The number of urea groups is 1. The summed E-state index contributed by atoms with van der Waals surface area (Å²) in [4.78, 5) is 24.5. The lowest BCUT2D eigenvalue weighted by Gasteiger charge is -2.33. The summed E-state index contributed by atoms with van der Waals surface area (Å²) in [6.45, 7) is 1.59. The Morgan fingerprint density at radius 2 is 2.08 bits per heavy atom. The average molecular weight is 376 g/mol. The standard InChI is InChI=1S/C18H18ClN3O4/c19-15-6-4-14(5-7-15)17-12-21(8-9-26-17)18(23)20-11-13-2-1-3-16(10-13)22(24)25/h1-7,10,17H,8-9,11-12H2,(H,20,23). The van der Waals surface area contributed by atoms with Crippen molar-refractivity contribution in [2.75, 3.05) is 19.7 Å². The zero-order valence-corrected chi connectivity index (χ0v) is 14.7. The lowest BCUT2D eigenvalue weighted by atomic mass is 10.1. The number of morpholine rings is 1. The maximum absolute atomic E-state index is 12.4. The Bertz CT molecular complexity index is 797. The highest BCUT2D eigenvalue weighted by Gasteiger charge is 2.25. The van der Waals surface area contributed by atoms with E-state index in [1.807, 2.05) is 12.1 Å². The smallest absolute Gasteiger partial charge is 0.317 e. The fourth-order valence-electron chi connectivity index (χ4n) is 2.78. The van der Waals surface area contributed by atoms with Gasteiger partial charge in [-0.25, -0.2) is 4.79 Å². The summed E-state index contributed by atoms with van der Waals surface area (Å²) in [5.74, 6) is 0. The Balaban J connectivity index is 1.58. The van der Waals surface area contributed by atoms with Crippen LogP contribution in [0.25, 0.3) is 0 Å². The summed E-state index contributed by atoms with van der Waals surface area (Å²) < 4.78 is 5.75. The topological polar surface area (TPSA) is 84.7 Å². The molecule has 0 aliphatic carbocycles. The number of halogens is 1. The molecule has 1 aliphatic heterocycles. The molecule has 0 saturated carbocycles. The Labute approximate surface area is 155 Å². The van der Waals surface area contributed by atoms with Crippen LogP contribution in [0.2, 0.25) is 5.02 Å². The molecule has 7 nitrogen and oxygen atoms in total. The third-order valence-corrected chi connectivity index (χ3v) is 4.41. The molecule has 0 radical (unpaired) electrons. The molecule has 1 aliphatic rings. The van der Waals surface area contributed by atoms with Crippen LogP contribution in [0.1, 0.15) is 17.2 Å². The van der Waals surface area contributed by atoms with Crippen LogP contribution in [0.4, 0.5) is 10.5 Å². The van der Waals surface area contributed by atoms with Crippen LogP contribution >= 0.6 is 11.6 Å². The minimum atomic E-state index is -0.454. The molecule has 0 aromatic heterocycles. The van der Waals surface area contributed by atoms with E-state index in [0.717, 1.165) is 5.56 Å². The van der Waals surface area contributed by atoms with Crippen LogP contribution < -0.4 is 5.32 Å². The van der Waals surface area contributed by atoms with Gasteiger partial charge in [0.05, 0.1) is 18.1 Å². The second-order valence-electron chi connectivity index (χ2n) is 5.94. The molecule has 2 amide bonds. The Kier molecular flexibility index (Phi) is 5.70. The molecule has 1 atom stereocenters. The molecule has 2 aromatic rings. The molecule has 1 unspecified atom stereocenters. The number of benzene rings is 2. The lowest BCUT2D eigenvalue weighted by molar-refractivity contribution is -0.384. The molecular formula is C18H18ClN3O4. The Hall–Kier alpha value is -2.64. The number of amides is 2. The van der Waals surface area contributed by atoms with E-state index in [2.05, 4.69) is 5.32 Å². The quantitative estimate of drug-likeness (QED) is 0.654. The molecule has 0 bridgehead atoms. The van der Waals surface area contributed by atoms with E-state index in [1.165, 1.54) is 12.1 Å². The van der Waals surface area contributed by atoms with Crippen molar-refractivity contribution in [3.05, 3.63) is 74.8 Å². The van der Waals surface area contributed by atoms with Crippen molar-refractivity contribution in [2.45, 2.75) is 12.6 Å². The maximum atomic E-state index is 12.4. The van der Waals surface area contributed by atoms with Gasteiger partial charge in [0.15, 0.2) is 0 Å². The molecule has 1 heterocycles. The van der Waals surface area contributed by atoms with Gasteiger partial charge in [-0.05, 0) is 23.3 Å². The number of carbonyl (C=O) groups excluding carboxylic acids is 1. The van der Waals surface area contributed by atoms with Gasteiger partial charge in [-0.3, -0.25) is 10.1 Å². The van der Waals surface area contributed by atoms with Crippen molar-refractivity contribution < 1.29 is 14.5 Å². The molecule has 2 aromatic carbocycles. The number of nitro benzene ring substituents is 1. The highest BCUT2D eigenvalue weighted by atomic mass is 35.5. The molecule has 1 fully saturated rings. The summed E-state index contributed by atoms with van der Waals surface area (Å²) in [5, 5.41) is 14.3. The van der Waals surface area contributed by atoms with Crippen molar-refractivity contribution in [3.63, 3.8) is 0 Å². The molecule has 26 heavy (non-hydrogen) atoms. The monoisotopic (exact) mass is 375 g/mol. The third kappa shape index (κ3) is 4.50. The third-order valence-electron chi connectivity index (χ3n) is 4.16. The first-order chi connectivity index (χ1) is 12.5. The minimum absolute atomic E-state index is 0.00549. The first-order valence-corrected chi connectivity index (χ1v) is 8.54. The fraction of sp³-hybridized carbons (Fsp3) is 0.278. The predicted octanol–water partition coefficient (Wildman–Crippen LogP) is 3.53. The van der Waals surface area contributed by atoms with Crippen LogP contribution in [0, 0.1) is 10.1 Å². The van der Waals surface area contributed by atoms with Gasteiger partial charge in [0.2, 0.25) is 0 Å². The van der Waals surface area contributed by atoms with Crippen LogP contribution in [0.3, 0.4) is 0 Å². The number of nitro groups is 1. The summed E-state index contributed by atoms with van der Waals surface area (Å²) in [6.07, 6.45) is -0.204. The number of rotatable bonds is 4. The largest absolute Gasteiger partial charge is 0.370 e. The van der Waals surface area contributed by atoms with Gasteiger partial charge in [-0.1, -0.05) is 35.9 Å². The molecule has 1 N–H and O–H groups in total. The zero-order valence-electron chi connectivity index (χ0n) is 13.9. The zero-order chi connectivity index (χ0) is 18.5. The Morgan fingerprint density at radius 3 is 2.81 bits per heavy atom. The van der Waals surface area contributed by atoms with E-state index in [0.29, 0.717) is 30.3 Å². The maximum Gasteiger partial charge on any atom is 0.317 e. The van der Waals surface area contributed by atoms with Crippen molar-refractivity contribution in [1.82, 2.24) is 10.2 Å². The molecule has 3 rings (SSSR count). The second kappa shape index (κ2) is 8.16. The Morgan fingerprint density at radius 1 is 1.31 bits per heavy atom. The van der Waals surface area contributed by atoms with Gasteiger partial charge < -0.3 is 15.0 Å². The van der Waals surface area contributed by atoms with Gasteiger partial charge in [0.1, 0.15) is 6.10 Å². The first kappa shape index (κ1) is 18.2. The SMILES string of the molecule is O=C(NCc1cccc([N+](=O)[O-])c1)N1CCOC(c2ccc(Cl)cc2)C1. The normalized spacial score (nSPS) is 17.0. The number of nitrogens with one attached hydrogen (secondary N) is 1. The van der Waals surface area contributed by atoms with Crippen LogP contribution in [-0.4, -0.2) is 35.6 Å². The number of nitrogens with zero attached hydrogens (tertiary/aromatic N) is 2. The number of hydrogen-bond donors (Lipinski definition) is 1. The summed E-state index contributed by atoms with van der Waals surface area (Å²) in [7, 11) is 0. The molecule has 0 spiro atoms. The van der Waals surface area contributed by atoms with E-state index < -0.39 is 4.92 Å². The number of carbonyl (C=O) groups is 1. The molecule has 136 valence electrons. The average Bonchev–Trinajstić information content (AvgIpc) is 2.67.